The van der Waals surface area contributed by atoms with E-state index < -0.39 is 34.8 Å². The van der Waals surface area contributed by atoms with E-state index in [4.69, 9.17) is 4.74 Å². The molecule has 1 unspecified atom stereocenters. The number of aromatic nitrogens is 2. The fourth-order valence-corrected chi connectivity index (χ4v) is 2.80. The molecule has 0 aliphatic carbocycles. The van der Waals surface area contributed by atoms with Gasteiger partial charge in [-0.1, -0.05) is 12.1 Å². The zero-order valence-corrected chi connectivity index (χ0v) is 14.4. The van der Waals surface area contributed by atoms with Gasteiger partial charge in [0.25, 0.3) is 11.5 Å². The molecule has 8 nitrogen and oxygen atoms in total. The Bertz CT molecular complexity index is 977. The molecular weight excluding hydrogens is 383 g/mol. The number of aromatic amines is 1. The van der Waals surface area contributed by atoms with E-state index in [2.05, 4.69) is 15.0 Å². The largest absolute Gasteiger partial charge is 0.573 e. The first kappa shape index (κ1) is 19.7. The second-order valence-electron chi connectivity index (χ2n) is 6.06. The molecule has 3 rings (SSSR count). The lowest BCUT2D eigenvalue weighted by molar-refractivity contribution is -0.274. The Labute approximate surface area is 155 Å². The summed E-state index contributed by atoms with van der Waals surface area (Å²) in [6.07, 6.45) is -2.89. The van der Waals surface area contributed by atoms with Crippen molar-refractivity contribution in [3.8, 4) is 5.75 Å². The number of anilines is 1. The highest BCUT2D eigenvalue weighted by molar-refractivity contribution is 6.04. The normalized spacial score (nSPS) is 16.8. The third-order valence-electron chi connectivity index (χ3n) is 4.08. The second-order valence-corrected chi connectivity index (χ2v) is 6.06. The van der Waals surface area contributed by atoms with Crippen molar-refractivity contribution in [2.24, 2.45) is 0 Å². The Morgan fingerprint density at radius 3 is 2.75 bits per heavy atom. The van der Waals surface area contributed by atoms with Gasteiger partial charge in [-0.3, -0.25) is 14.2 Å². The second kappa shape index (κ2) is 7.89. The number of alkyl halides is 3. The van der Waals surface area contributed by atoms with Crippen molar-refractivity contribution < 1.29 is 27.4 Å². The molecule has 28 heavy (non-hydrogen) atoms. The molecule has 2 N–H and O–H groups in total. The van der Waals surface area contributed by atoms with E-state index in [9.17, 15) is 27.6 Å². The lowest BCUT2D eigenvalue weighted by Crippen LogP contribution is -2.41. The molecule has 150 valence electrons. The van der Waals surface area contributed by atoms with E-state index in [1.807, 2.05) is 0 Å². The van der Waals surface area contributed by atoms with Gasteiger partial charge in [-0.05, 0) is 25.0 Å². The maximum atomic E-state index is 12.5. The summed E-state index contributed by atoms with van der Waals surface area (Å²) in [5, 5.41) is 2.20. The van der Waals surface area contributed by atoms with Gasteiger partial charge < -0.3 is 19.8 Å². The van der Waals surface area contributed by atoms with E-state index in [1.54, 1.807) is 0 Å². The number of para-hydroxylation sites is 2. The smallest absolute Gasteiger partial charge is 0.404 e. The monoisotopic (exact) mass is 399 g/mol. The van der Waals surface area contributed by atoms with Crippen LogP contribution in [0.1, 0.15) is 23.2 Å². The topological polar surface area (TPSA) is 102 Å². The average Bonchev–Trinajstić information content (AvgIpc) is 3.12. The summed E-state index contributed by atoms with van der Waals surface area (Å²) in [5.41, 5.74) is -2.29. The molecule has 2 aromatic rings. The zero-order chi connectivity index (χ0) is 20.3. The van der Waals surface area contributed by atoms with Crippen LogP contribution in [0.2, 0.25) is 0 Å². The van der Waals surface area contributed by atoms with E-state index >= 15 is 0 Å². The summed E-state index contributed by atoms with van der Waals surface area (Å²) >= 11 is 0. The number of H-pyrrole nitrogens is 1. The van der Waals surface area contributed by atoms with Crippen LogP contribution in [0.25, 0.3) is 0 Å². The summed E-state index contributed by atoms with van der Waals surface area (Å²) in [6, 6.07) is 4.90. The minimum absolute atomic E-state index is 0.0247. The average molecular weight is 399 g/mol. The highest BCUT2D eigenvalue weighted by Gasteiger charge is 2.32. The van der Waals surface area contributed by atoms with Crippen LogP contribution < -0.4 is 21.3 Å². The number of nitrogens with one attached hydrogen (secondary N) is 2. The van der Waals surface area contributed by atoms with Gasteiger partial charge in [0.1, 0.15) is 5.56 Å². The van der Waals surface area contributed by atoms with Crippen molar-refractivity contribution in [3.63, 3.8) is 0 Å². The first-order valence-electron chi connectivity index (χ1n) is 8.35. The molecule has 1 aliphatic heterocycles. The SMILES string of the molecule is O=C(Nc1ccccc1OC(F)(F)F)c1c[nH]c(=O)n(CC2CCCO2)c1=O. The van der Waals surface area contributed by atoms with Gasteiger partial charge in [-0.2, -0.15) is 0 Å². The molecule has 1 saturated heterocycles. The number of carbonyl (C=O) groups is 1. The Hall–Kier alpha value is -3.08. The van der Waals surface area contributed by atoms with Crippen LogP contribution in [0.5, 0.6) is 5.75 Å². The first-order chi connectivity index (χ1) is 13.2. The maximum absolute atomic E-state index is 12.5. The lowest BCUT2D eigenvalue weighted by atomic mass is 10.2. The van der Waals surface area contributed by atoms with Crippen molar-refractivity contribution in [2.75, 3.05) is 11.9 Å². The quantitative estimate of drug-likeness (QED) is 0.799. The summed E-state index contributed by atoms with van der Waals surface area (Å²) in [6.45, 7) is 0.497. The summed E-state index contributed by atoms with van der Waals surface area (Å²) in [7, 11) is 0. The van der Waals surface area contributed by atoms with Gasteiger partial charge in [0.15, 0.2) is 5.75 Å². The van der Waals surface area contributed by atoms with E-state index in [1.165, 1.54) is 18.2 Å². The molecule has 1 amide bonds. The number of nitrogens with zero attached hydrogens (tertiary/aromatic N) is 1. The van der Waals surface area contributed by atoms with E-state index in [-0.39, 0.29) is 18.3 Å². The molecule has 1 aromatic carbocycles. The van der Waals surface area contributed by atoms with Gasteiger partial charge in [0.2, 0.25) is 0 Å². The van der Waals surface area contributed by atoms with Crippen molar-refractivity contribution in [1.82, 2.24) is 9.55 Å². The van der Waals surface area contributed by atoms with Gasteiger partial charge in [-0.15, -0.1) is 13.2 Å². The van der Waals surface area contributed by atoms with Crippen LogP contribution in [-0.4, -0.2) is 34.5 Å². The lowest BCUT2D eigenvalue weighted by Gasteiger charge is -2.14. The molecular formula is C17H16F3N3O5. The Morgan fingerprint density at radius 2 is 2.07 bits per heavy atom. The number of benzene rings is 1. The Balaban J connectivity index is 1.86. The van der Waals surface area contributed by atoms with Crippen LogP contribution in [0.4, 0.5) is 18.9 Å². The number of ether oxygens (including phenoxy) is 2. The van der Waals surface area contributed by atoms with Gasteiger partial charge in [0.05, 0.1) is 18.3 Å². The van der Waals surface area contributed by atoms with Crippen molar-refractivity contribution in [2.45, 2.75) is 31.9 Å². The Morgan fingerprint density at radius 1 is 1.32 bits per heavy atom. The molecule has 1 fully saturated rings. The Kier molecular flexibility index (Phi) is 5.54. The number of hydrogen-bond acceptors (Lipinski definition) is 5. The first-order valence-corrected chi connectivity index (χ1v) is 8.35. The summed E-state index contributed by atoms with van der Waals surface area (Å²) in [5.74, 6) is -1.62. The fourth-order valence-electron chi connectivity index (χ4n) is 2.80. The minimum Gasteiger partial charge on any atom is -0.404 e. The van der Waals surface area contributed by atoms with Crippen molar-refractivity contribution >= 4 is 11.6 Å². The van der Waals surface area contributed by atoms with Crippen molar-refractivity contribution in [1.29, 1.82) is 0 Å². The van der Waals surface area contributed by atoms with Gasteiger partial charge in [-0.25, -0.2) is 4.79 Å². The third-order valence-corrected chi connectivity index (χ3v) is 4.08. The summed E-state index contributed by atoms with van der Waals surface area (Å²) < 4.78 is 47.6. The van der Waals surface area contributed by atoms with Crippen LogP contribution in [0, 0.1) is 0 Å². The summed E-state index contributed by atoms with van der Waals surface area (Å²) in [4.78, 5) is 39.2. The molecule has 0 radical (unpaired) electrons. The zero-order valence-electron chi connectivity index (χ0n) is 14.4. The molecule has 0 spiro atoms. The van der Waals surface area contributed by atoms with Crippen LogP contribution in [-0.2, 0) is 11.3 Å². The number of halogens is 3. The maximum Gasteiger partial charge on any atom is 0.573 e. The van der Waals surface area contributed by atoms with Crippen LogP contribution in [0.3, 0.4) is 0 Å². The number of rotatable bonds is 5. The highest BCUT2D eigenvalue weighted by Crippen LogP contribution is 2.30. The number of carbonyl (C=O) groups excluding carboxylic acids is 1. The van der Waals surface area contributed by atoms with Crippen molar-refractivity contribution in [3.05, 3.63) is 56.9 Å². The third kappa shape index (κ3) is 4.60. The van der Waals surface area contributed by atoms with Crippen LogP contribution in [0.15, 0.2) is 40.1 Å². The molecule has 2 heterocycles. The molecule has 0 bridgehead atoms. The number of amides is 1. The molecule has 1 aromatic heterocycles. The van der Waals surface area contributed by atoms with E-state index in [0.717, 1.165) is 23.3 Å². The number of hydrogen-bond donors (Lipinski definition) is 2. The molecule has 1 aliphatic rings. The van der Waals surface area contributed by atoms with Gasteiger partial charge in [0, 0.05) is 12.8 Å². The molecule has 1 atom stereocenters. The molecule has 0 saturated carbocycles. The highest BCUT2D eigenvalue weighted by atomic mass is 19.4. The predicted octanol–water partition coefficient (Wildman–Crippen LogP) is 1.87. The van der Waals surface area contributed by atoms with E-state index in [0.29, 0.717) is 13.0 Å². The minimum atomic E-state index is -4.95. The predicted molar refractivity (Wildman–Crippen MR) is 91.4 cm³/mol. The standard InChI is InChI=1S/C17H16F3N3O5/c18-17(19,20)28-13-6-2-1-5-12(13)22-14(24)11-8-21-16(26)23(15(11)25)9-10-4-3-7-27-10/h1-2,5-6,8,10H,3-4,7,9H2,(H,21,26)(H,22,24). The van der Waals surface area contributed by atoms with Crippen LogP contribution >= 0.6 is 0 Å². The fraction of sp³-hybridized carbons (Fsp3) is 0.353. The molecule has 11 heteroatoms. The van der Waals surface area contributed by atoms with Gasteiger partial charge >= 0.3 is 12.1 Å².